The molecule has 0 aliphatic rings. The number of anilines is 1. The standard InChI is InChI=1S/C25H29F2N5O/c1-5-6-16-11-19(26)9-7-18(16)14-32-23(17-8-10-22(27)29-12-17)31-20(15-33)24(32)30-13-21(28)25(2,3)4/h5-12,15,21,30H,13-14,28H2,1-4H3. The van der Waals surface area contributed by atoms with Crippen molar-refractivity contribution in [1.82, 2.24) is 14.5 Å². The predicted molar refractivity (Wildman–Crippen MR) is 127 cm³/mol. The van der Waals surface area contributed by atoms with Gasteiger partial charge < -0.3 is 15.6 Å². The van der Waals surface area contributed by atoms with Crippen molar-refractivity contribution in [2.24, 2.45) is 11.1 Å². The molecule has 0 aliphatic heterocycles. The van der Waals surface area contributed by atoms with E-state index in [2.05, 4.69) is 15.3 Å². The number of carbonyl (C=O) groups is 1. The van der Waals surface area contributed by atoms with E-state index in [9.17, 15) is 13.6 Å². The molecule has 0 fully saturated rings. The quantitative estimate of drug-likeness (QED) is 0.374. The van der Waals surface area contributed by atoms with Crippen LogP contribution in [0.3, 0.4) is 0 Å². The van der Waals surface area contributed by atoms with Crippen LogP contribution in [0.5, 0.6) is 0 Å². The molecule has 2 aromatic heterocycles. The molecule has 8 heteroatoms. The average molecular weight is 454 g/mol. The van der Waals surface area contributed by atoms with Gasteiger partial charge in [-0.1, -0.05) is 39.0 Å². The van der Waals surface area contributed by atoms with Crippen LogP contribution in [0.4, 0.5) is 14.6 Å². The number of imidazole rings is 1. The highest BCUT2D eigenvalue weighted by molar-refractivity contribution is 5.82. The van der Waals surface area contributed by atoms with Crippen LogP contribution in [0.1, 0.15) is 49.3 Å². The molecule has 0 aliphatic carbocycles. The Balaban J connectivity index is 2.13. The Morgan fingerprint density at radius 2 is 1.97 bits per heavy atom. The Labute approximate surface area is 192 Å². The maximum Gasteiger partial charge on any atom is 0.212 e. The summed E-state index contributed by atoms with van der Waals surface area (Å²) in [4.78, 5) is 20.1. The molecule has 174 valence electrons. The van der Waals surface area contributed by atoms with Crippen molar-refractivity contribution in [2.75, 3.05) is 11.9 Å². The molecule has 1 aromatic carbocycles. The fourth-order valence-corrected chi connectivity index (χ4v) is 3.35. The van der Waals surface area contributed by atoms with E-state index in [1.807, 2.05) is 44.4 Å². The molecule has 3 aromatic rings. The normalized spacial score (nSPS) is 12.8. The largest absolute Gasteiger partial charge is 0.368 e. The summed E-state index contributed by atoms with van der Waals surface area (Å²) in [6, 6.07) is 7.14. The number of nitrogens with zero attached hydrogens (tertiary/aromatic N) is 3. The first-order chi connectivity index (χ1) is 15.6. The Morgan fingerprint density at radius 1 is 1.21 bits per heavy atom. The number of aldehydes is 1. The minimum atomic E-state index is -0.615. The van der Waals surface area contributed by atoms with Gasteiger partial charge in [-0.05, 0) is 47.7 Å². The van der Waals surface area contributed by atoms with Crippen molar-refractivity contribution in [2.45, 2.75) is 40.3 Å². The van der Waals surface area contributed by atoms with Crippen molar-refractivity contribution in [3.63, 3.8) is 0 Å². The smallest absolute Gasteiger partial charge is 0.212 e. The highest BCUT2D eigenvalue weighted by Crippen LogP contribution is 2.28. The molecule has 2 heterocycles. The Bertz CT molecular complexity index is 1150. The zero-order valence-corrected chi connectivity index (χ0v) is 19.3. The van der Waals surface area contributed by atoms with Gasteiger partial charge in [0.1, 0.15) is 23.2 Å². The first-order valence-corrected chi connectivity index (χ1v) is 10.7. The van der Waals surface area contributed by atoms with Gasteiger partial charge in [0, 0.05) is 24.3 Å². The Morgan fingerprint density at radius 3 is 2.58 bits per heavy atom. The number of pyridine rings is 1. The molecule has 0 bridgehead atoms. The summed E-state index contributed by atoms with van der Waals surface area (Å²) in [5, 5.41) is 3.28. The molecular formula is C25H29F2N5O. The van der Waals surface area contributed by atoms with E-state index in [-0.39, 0.29) is 23.0 Å². The maximum atomic E-state index is 13.9. The van der Waals surface area contributed by atoms with E-state index in [1.54, 1.807) is 12.1 Å². The van der Waals surface area contributed by atoms with Crippen LogP contribution in [-0.2, 0) is 6.54 Å². The number of hydrogen-bond acceptors (Lipinski definition) is 5. The van der Waals surface area contributed by atoms with Crippen molar-refractivity contribution < 1.29 is 13.6 Å². The summed E-state index contributed by atoms with van der Waals surface area (Å²) in [5.74, 6) is -0.0358. The van der Waals surface area contributed by atoms with Crippen LogP contribution in [0.25, 0.3) is 17.5 Å². The van der Waals surface area contributed by atoms with Crippen LogP contribution in [0.15, 0.2) is 42.6 Å². The van der Waals surface area contributed by atoms with Crippen molar-refractivity contribution in [3.8, 4) is 11.4 Å². The molecule has 0 spiro atoms. The third-order valence-electron chi connectivity index (χ3n) is 5.48. The lowest BCUT2D eigenvalue weighted by molar-refractivity contribution is 0.112. The van der Waals surface area contributed by atoms with Crippen LogP contribution < -0.4 is 11.1 Å². The molecule has 33 heavy (non-hydrogen) atoms. The number of hydrogen-bond donors (Lipinski definition) is 2. The van der Waals surface area contributed by atoms with Gasteiger partial charge in [-0.3, -0.25) is 4.79 Å². The van der Waals surface area contributed by atoms with E-state index in [0.717, 1.165) is 5.56 Å². The zero-order valence-electron chi connectivity index (χ0n) is 19.3. The molecule has 0 saturated carbocycles. The molecular weight excluding hydrogens is 424 g/mol. The lowest BCUT2D eigenvalue weighted by Crippen LogP contribution is -2.41. The summed E-state index contributed by atoms with van der Waals surface area (Å²) in [6.45, 7) is 8.66. The van der Waals surface area contributed by atoms with Gasteiger partial charge >= 0.3 is 0 Å². The second kappa shape index (κ2) is 10.0. The number of rotatable bonds is 8. The van der Waals surface area contributed by atoms with E-state index in [0.29, 0.717) is 42.1 Å². The topological polar surface area (TPSA) is 85.8 Å². The second-order valence-corrected chi connectivity index (χ2v) is 8.94. The Kier molecular flexibility index (Phi) is 7.38. The van der Waals surface area contributed by atoms with Gasteiger partial charge in [-0.2, -0.15) is 4.39 Å². The third-order valence-corrected chi connectivity index (χ3v) is 5.48. The van der Waals surface area contributed by atoms with Crippen LogP contribution in [0.2, 0.25) is 0 Å². The summed E-state index contributed by atoms with van der Waals surface area (Å²) >= 11 is 0. The van der Waals surface area contributed by atoms with Crippen LogP contribution >= 0.6 is 0 Å². The van der Waals surface area contributed by atoms with E-state index in [1.165, 1.54) is 24.4 Å². The molecule has 3 N–H and O–H groups in total. The summed E-state index contributed by atoms with van der Waals surface area (Å²) in [7, 11) is 0. The number of carbonyl (C=O) groups excluding carboxylic acids is 1. The minimum Gasteiger partial charge on any atom is -0.368 e. The number of halogens is 2. The first kappa shape index (κ1) is 24.3. The fraction of sp³-hybridized carbons (Fsp3) is 0.320. The molecule has 0 radical (unpaired) electrons. The van der Waals surface area contributed by atoms with Gasteiger partial charge in [0.15, 0.2) is 6.29 Å². The lowest BCUT2D eigenvalue weighted by Gasteiger charge is -2.28. The average Bonchev–Trinajstić information content (AvgIpc) is 3.11. The van der Waals surface area contributed by atoms with Crippen molar-refractivity contribution in [1.29, 1.82) is 0 Å². The van der Waals surface area contributed by atoms with Crippen molar-refractivity contribution in [3.05, 3.63) is 71.2 Å². The van der Waals surface area contributed by atoms with Crippen LogP contribution in [-0.4, -0.2) is 33.4 Å². The number of benzene rings is 1. The highest BCUT2D eigenvalue weighted by Gasteiger charge is 2.24. The second-order valence-electron chi connectivity index (χ2n) is 8.94. The molecule has 0 amide bonds. The van der Waals surface area contributed by atoms with Crippen LogP contribution in [0, 0.1) is 17.2 Å². The van der Waals surface area contributed by atoms with Gasteiger partial charge in [-0.25, -0.2) is 14.4 Å². The van der Waals surface area contributed by atoms with E-state index >= 15 is 0 Å². The number of aromatic nitrogens is 3. The number of nitrogens with one attached hydrogen (secondary N) is 1. The molecule has 6 nitrogen and oxygen atoms in total. The molecule has 1 unspecified atom stereocenters. The Hall–Kier alpha value is -3.39. The van der Waals surface area contributed by atoms with Gasteiger partial charge in [-0.15, -0.1) is 0 Å². The monoisotopic (exact) mass is 453 g/mol. The summed E-state index contributed by atoms with van der Waals surface area (Å²) < 4.78 is 29.1. The third kappa shape index (κ3) is 5.70. The van der Waals surface area contributed by atoms with Gasteiger partial charge in [0.25, 0.3) is 0 Å². The molecule has 0 saturated heterocycles. The first-order valence-electron chi connectivity index (χ1n) is 10.7. The lowest BCUT2D eigenvalue weighted by atomic mass is 9.87. The highest BCUT2D eigenvalue weighted by atomic mass is 19.1. The van der Waals surface area contributed by atoms with E-state index in [4.69, 9.17) is 5.73 Å². The van der Waals surface area contributed by atoms with Crippen molar-refractivity contribution >= 4 is 18.2 Å². The SMILES string of the molecule is CC=Cc1cc(F)ccc1Cn1c(-c2ccc(F)nc2)nc(C=O)c1NCC(N)C(C)(C)C. The predicted octanol–water partition coefficient (Wildman–Crippen LogP) is 4.90. The summed E-state index contributed by atoms with van der Waals surface area (Å²) in [5.41, 5.74) is 8.44. The van der Waals surface area contributed by atoms with Gasteiger partial charge in [0.05, 0.1) is 6.54 Å². The zero-order chi connectivity index (χ0) is 24.2. The number of allylic oxidation sites excluding steroid dienone is 1. The molecule has 1 atom stereocenters. The summed E-state index contributed by atoms with van der Waals surface area (Å²) in [6.07, 6.45) is 5.68. The van der Waals surface area contributed by atoms with E-state index < -0.39 is 5.95 Å². The fourth-order valence-electron chi connectivity index (χ4n) is 3.35. The maximum absolute atomic E-state index is 13.9. The number of nitrogens with two attached hydrogens (primary N) is 1. The minimum absolute atomic E-state index is 0.154. The molecule has 3 rings (SSSR count). The van der Waals surface area contributed by atoms with Gasteiger partial charge in [0.2, 0.25) is 5.95 Å².